The third-order valence-corrected chi connectivity index (χ3v) is 4.23. The summed E-state index contributed by atoms with van der Waals surface area (Å²) < 4.78 is 0. The normalized spacial score (nSPS) is 28.4. The number of hydrogen-bond donors (Lipinski definition) is 0. The third-order valence-electron chi connectivity index (χ3n) is 4.23. The second-order valence-electron chi connectivity index (χ2n) is 5.79. The highest BCUT2D eigenvalue weighted by atomic mass is 16.1. The van der Waals surface area contributed by atoms with Crippen LogP contribution < -0.4 is 0 Å². The second kappa shape index (κ2) is 4.57. The maximum Gasteiger partial charge on any atom is 0.158 e. The molecule has 0 spiro atoms. The molecule has 1 saturated carbocycles. The fourth-order valence-electron chi connectivity index (χ4n) is 2.82. The molecule has 0 aromatic heterocycles. The highest BCUT2D eigenvalue weighted by Gasteiger charge is 2.52. The summed E-state index contributed by atoms with van der Waals surface area (Å²) in [5, 5.41) is 9.39. The number of hydrogen-bond acceptors (Lipinski definition) is 2. The van der Waals surface area contributed by atoms with Crippen molar-refractivity contribution in [3.05, 3.63) is 0 Å². The Morgan fingerprint density at radius 1 is 1.31 bits per heavy atom. The minimum Gasteiger partial charge on any atom is -0.297 e. The van der Waals surface area contributed by atoms with Crippen LogP contribution in [0.3, 0.4) is 0 Å². The fraction of sp³-hybridized carbons (Fsp3) is 0.857. The van der Waals surface area contributed by atoms with Gasteiger partial charge in [0.2, 0.25) is 0 Å². The molecule has 0 N–H and O–H groups in total. The maximum absolute atomic E-state index is 12.3. The van der Waals surface area contributed by atoms with Gasteiger partial charge in [-0.05, 0) is 25.2 Å². The van der Waals surface area contributed by atoms with Gasteiger partial charge in [0.25, 0.3) is 0 Å². The molecule has 0 aliphatic heterocycles. The van der Waals surface area contributed by atoms with E-state index >= 15 is 0 Å². The summed E-state index contributed by atoms with van der Waals surface area (Å²) in [5.41, 5.74) is -0.970. The zero-order valence-corrected chi connectivity index (χ0v) is 11.0. The molecule has 1 fully saturated rings. The van der Waals surface area contributed by atoms with Gasteiger partial charge in [-0.2, -0.15) is 5.26 Å². The van der Waals surface area contributed by atoms with Crippen LogP contribution in [0.15, 0.2) is 0 Å². The predicted octanol–water partition coefficient (Wildman–Crippen LogP) is 3.71. The topological polar surface area (TPSA) is 40.9 Å². The van der Waals surface area contributed by atoms with Crippen molar-refractivity contribution in [3.8, 4) is 6.07 Å². The van der Waals surface area contributed by atoms with Crippen LogP contribution in [0.2, 0.25) is 0 Å². The van der Waals surface area contributed by atoms with E-state index in [4.69, 9.17) is 0 Å². The quantitative estimate of drug-likeness (QED) is 0.726. The number of Topliss-reactive ketones (excluding diaryl/α,β-unsaturated/α-hetero) is 1. The first-order valence-corrected chi connectivity index (χ1v) is 6.38. The smallest absolute Gasteiger partial charge is 0.158 e. The van der Waals surface area contributed by atoms with Crippen molar-refractivity contribution < 1.29 is 4.79 Å². The van der Waals surface area contributed by atoms with Gasteiger partial charge >= 0.3 is 0 Å². The van der Waals surface area contributed by atoms with Gasteiger partial charge in [0.15, 0.2) is 5.78 Å². The molecule has 0 saturated heterocycles. The number of rotatable bonds is 4. The lowest BCUT2D eigenvalue weighted by atomic mass is 9.74. The van der Waals surface area contributed by atoms with Crippen molar-refractivity contribution in [2.45, 2.75) is 59.8 Å². The molecule has 0 heterocycles. The minimum absolute atomic E-state index is 0.175. The van der Waals surface area contributed by atoms with Gasteiger partial charge in [-0.3, -0.25) is 4.79 Å². The molecule has 0 bridgehead atoms. The molecular formula is C14H23NO. The molecule has 2 nitrogen and oxygen atoms in total. The Kier molecular flexibility index (Phi) is 3.78. The Bertz CT molecular complexity index is 309. The largest absolute Gasteiger partial charge is 0.297 e. The van der Waals surface area contributed by atoms with Crippen molar-refractivity contribution in [1.29, 1.82) is 5.26 Å². The summed E-state index contributed by atoms with van der Waals surface area (Å²) in [7, 11) is 0. The van der Waals surface area contributed by atoms with Gasteiger partial charge in [-0.15, -0.1) is 0 Å². The molecular weight excluding hydrogens is 198 g/mol. The Labute approximate surface area is 99.0 Å². The molecule has 90 valence electrons. The lowest BCUT2D eigenvalue weighted by Gasteiger charge is -2.26. The Morgan fingerprint density at radius 2 is 1.88 bits per heavy atom. The lowest BCUT2D eigenvalue weighted by molar-refractivity contribution is -0.130. The Morgan fingerprint density at radius 3 is 2.19 bits per heavy atom. The van der Waals surface area contributed by atoms with E-state index in [1.54, 1.807) is 0 Å². The molecule has 1 aliphatic carbocycles. The summed E-state index contributed by atoms with van der Waals surface area (Å²) in [5.74, 6) is 0.687. The van der Waals surface area contributed by atoms with E-state index in [1.165, 1.54) is 0 Å². The summed E-state index contributed by atoms with van der Waals surface area (Å²) in [4.78, 5) is 12.3. The SMILES string of the molecule is CCC(CC)CC1(C#N)CCC(C)(C)C1=O. The van der Waals surface area contributed by atoms with Gasteiger partial charge in [0.05, 0.1) is 6.07 Å². The third kappa shape index (κ3) is 2.14. The van der Waals surface area contributed by atoms with E-state index in [0.717, 1.165) is 32.1 Å². The molecule has 16 heavy (non-hydrogen) atoms. The Hall–Kier alpha value is -0.840. The van der Waals surface area contributed by atoms with Crippen LogP contribution in [-0.4, -0.2) is 5.78 Å². The summed E-state index contributed by atoms with van der Waals surface area (Å²) in [6, 6.07) is 2.33. The zero-order chi connectivity index (χ0) is 12.4. The highest BCUT2D eigenvalue weighted by molar-refractivity contribution is 5.94. The first-order chi connectivity index (χ1) is 7.41. The highest BCUT2D eigenvalue weighted by Crippen LogP contribution is 2.49. The fourth-order valence-corrected chi connectivity index (χ4v) is 2.82. The first kappa shape index (κ1) is 13.2. The standard InChI is InChI=1S/C14H23NO/c1-5-11(6-2)9-14(10-15)8-7-13(3,4)12(14)16/h11H,5-9H2,1-4H3. The van der Waals surface area contributed by atoms with Gasteiger partial charge in [-0.25, -0.2) is 0 Å². The predicted molar refractivity (Wildman–Crippen MR) is 64.8 cm³/mol. The molecule has 0 aromatic carbocycles. The van der Waals surface area contributed by atoms with Gasteiger partial charge in [0, 0.05) is 5.41 Å². The lowest BCUT2D eigenvalue weighted by Crippen LogP contribution is -2.33. The van der Waals surface area contributed by atoms with Crippen molar-refractivity contribution in [1.82, 2.24) is 0 Å². The number of ketones is 1. The number of carbonyl (C=O) groups excluding carboxylic acids is 1. The van der Waals surface area contributed by atoms with Gasteiger partial charge < -0.3 is 0 Å². The second-order valence-corrected chi connectivity index (χ2v) is 5.79. The van der Waals surface area contributed by atoms with Crippen molar-refractivity contribution in [2.75, 3.05) is 0 Å². The van der Waals surface area contributed by atoms with E-state index in [-0.39, 0.29) is 11.2 Å². The average molecular weight is 221 g/mol. The summed E-state index contributed by atoms with van der Waals surface area (Å²) >= 11 is 0. The number of nitriles is 1. The van der Waals surface area contributed by atoms with E-state index < -0.39 is 5.41 Å². The molecule has 1 unspecified atom stereocenters. The van der Waals surface area contributed by atoms with Crippen molar-refractivity contribution in [3.63, 3.8) is 0 Å². The van der Waals surface area contributed by atoms with Crippen LogP contribution in [0.4, 0.5) is 0 Å². The van der Waals surface area contributed by atoms with E-state index in [0.29, 0.717) is 5.92 Å². The van der Waals surface area contributed by atoms with Gasteiger partial charge in [0.1, 0.15) is 5.41 Å². The molecule has 0 aromatic rings. The van der Waals surface area contributed by atoms with Crippen LogP contribution >= 0.6 is 0 Å². The molecule has 0 radical (unpaired) electrons. The summed E-state index contributed by atoms with van der Waals surface area (Å²) in [6.45, 7) is 8.23. The minimum atomic E-state index is -0.680. The molecule has 2 heteroatoms. The van der Waals surface area contributed by atoms with Crippen LogP contribution in [0.25, 0.3) is 0 Å². The van der Waals surface area contributed by atoms with E-state index in [2.05, 4.69) is 19.9 Å². The number of nitrogens with zero attached hydrogens (tertiary/aromatic N) is 1. The molecule has 1 aliphatic rings. The van der Waals surface area contributed by atoms with Crippen molar-refractivity contribution >= 4 is 5.78 Å². The van der Waals surface area contributed by atoms with E-state index in [1.807, 2.05) is 13.8 Å². The van der Waals surface area contributed by atoms with Crippen LogP contribution in [-0.2, 0) is 4.79 Å². The van der Waals surface area contributed by atoms with E-state index in [9.17, 15) is 10.1 Å². The average Bonchev–Trinajstić information content (AvgIpc) is 2.50. The van der Waals surface area contributed by atoms with Gasteiger partial charge in [-0.1, -0.05) is 40.5 Å². The molecule has 0 amide bonds. The first-order valence-electron chi connectivity index (χ1n) is 6.38. The molecule has 1 atom stereocenters. The maximum atomic E-state index is 12.3. The van der Waals surface area contributed by atoms with Crippen LogP contribution in [0, 0.1) is 28.1 Å². The van der Waals surface area contributed by atoms with Crippen molar-refractivity contribution in [2.24, 2.45) is 16.7 Å². The Balaban J connectivity index is 2.89. The zero-order valence-electron chi connectivity index (χ0n) is 11.0. The van der Waals surface area contributed by atoms with Crippen LogP contribution in [0.5, 0.6) is 0 Å². The number of carbonyl (C=O) groups is 1. The van der Waals surface area contributed by atoms with Crippen LogP contribution in [0.1, 0.15) is 59.8 Å². The monoisotopic (exact) mass is 221 g/mol. The summed E-state index contributed by atoms with van der Waals surface area (Å²) in [6.07, 6.45) is 4.51. The molecule has 1 rings (SSSR count).